The molecule has 0 atom stereocenters. The van der Waals surface area contributed by atoms with E-state index in [2.05, 4.69) is 0 Å². The molecule has 0 aliphatic heterocycles. The Balaban J connectivity index is 3.76. The van der Waals surface area contributed by atoms with E-state index in [0.717, 1.165) is 11.1 Å². The zero-order valence-corrected chi connectivity index (χ0v) is 27.6. The summed E-state index contributed by atoms with van der Waals surface area (Å²) in [4.78, 5) is 23.3. The molecule has 0 spiro atoms. The number of benzene rings is 1. The van der Waals surface area contributed by atoms with Crippen LogP contribution in [0.4, 0.5) is 0 Å². The van der Waals surface area contributed by atoms with Gasteiger partial charge in [0.2, 0.25) is 0 Å². The highest BCUT2D eigenvalue weighted by Gasteiger charge is 2.52. The Kier molecular flexibility index (Phi) is 15.1. The van der Waals surface area contributed by atoms with Crippen LogP contribution in [-0.2, 0) is 54.7 Å². The van der Waals surface area contributed by atoms with Crippen molar-refractivity contribution in [3.63, 3.8) is 0 Å². The van der Waals surface area contributed by atoms with Gasteiger partial charge in [-0.1, -0.05) is 41.7 Å². The first-order valence-electron chi connectivity index (χ1n) is 12.8. The van der Waals surface area contributed by atoms with E-state index >= 15 is 0 Å². The van der Waals surface area contributed by atoms with Crippen LogP contribution in [-0.4, -0.2) is 40.0 Å². The van der Waals surface area contributed by atoms with E-state index in [1.165, 1.54) is 37.4 Å². The Morgan fingerprint density at radius 3 is 1.18 bits per heavy atom. The van der Waals surface area contributed by atoms with Gasteiger partial charge in [0, 0.05) is 25.4 Å². The number of thioether (sulfide) groups is 2. The average molecular weight is 611 g/mol. The highest BCUT2D eigenvalue weighted by molar-refractivity contribution is 8.13. The fraction of sp³-hybridized carbons (Fsp3) is 0.692. The molecule has 12 heteroatoms. The molecule has 0 fully saturated rings. The van der Waals surface area contributed by atoms with Crippen molar-refractivity contribution in [3.05, 3.63) is 34.9 Å². The maximum Gasteiger partial charge on any atom is 0.346 e. The van der Waals surface area contributed by atoms with E-state index in [4.69, 9.17) is 18.1 Å². The van der Waals surface area contributed by atoms with Crippen LogP contribution in [0.5, 0.6) is 0 Å². The summed E-state index contributed by atoms with van der Waals surface area (Å²) in [6, 6.07) is 5.71. The highest BCUT2D eigenvalue weighted by atomic mass is 32.2. The molecule has 1 rings (SSSR count). The van der Waals surface area contributed by atoms with Crippen LogP contribution in [0, 0.1) is 0 Å². The summed E-state index contributed by atoms with van der Waals surface area (Å²) < 4.78 is 52.6. The maximum atomic E-state index is 14.5. The van der Waals surface area contributed by atoms with Crippen molar-refractivity contribution in [2.45, 2.75) is 117 Å². The van der Waals surface area contributed by atoms with Crippen molar-refractivity contribution in [2.75, 3.05) is 0 Å². The summed E-state index contributed by atoms with van der Waals surface area (Å²) in [7, 11) is -8.13. The van der Waals surface area contributed by atoms with E-state index in [1.807, 2.05) is 18.2 Å². The zero-order valence-electron chi connectivity index (χ0n) is 24.2. The van der Waals surface area contributed by atoms with Gasteiger partial charge >= 0.3 is 15.2 Å². The first kappa shape index (κ1) is 35.6. The Hall–Kier alpha value is -0.440. The zero-order chi connectivity index (χ0) is 29.3. The highest BCUT2D eigenvalue weighted by Crippen LogP contribution is 2.72. The van der Waals surface area contributed by atoms with Crippen LogP contribution in [0.25, 0.3) is 0 Å². The van der Waals surface area contributed by atoms with Gasteiger partial charge in [0.05, 0.1) is 24.4 Å². The molecule has 0 bridgehead atoms. The van der Waals surface area contributed by atoms with Crippen molar-refractivity contribution in [1.82, 2.24) is 0 Å². The third kappa shape index (κ3) is 12.8. The summed E-state index contributed by atoms with van der Waals surface area (Å²) in [5.74, 6) is 0.855. The summed E-state index contributed by atoms with van der Waals surface area (Å²) in [6.07, 6.45) is -1.89. The molecule has 0 saturated heterocycles. The van der Waals surface area contributed by atoms with Crippen LogP contribution in [0.2, 0.25) is 0 Å². The quantitative estimate of drug-likeness (QED) is 0.170. The Morgan fingerprint density at radius 1 is 0.632 bits per heavy atom. The Labute approximate surface area is 237 Å². The van der Waals surface area contributed by atoms with Gasteiger partial charge in [-0.2, -0.15) is 0 Å². The monoisotopic (exact) mass is 610 g/mol. The van der Waals surface area contributed by atoms with Crippen LogP contribution < -0.4 is 0 Å². The summed E-state index contributed by atoms with van der Waals surface area (Å²) >= 11 is 2.34. The largest absolute Gasteiger partial charge is 0.346 e. The third-order valence-corrected chi connectivity index (χ3v) is 12.7. The normalized spacial score (nSPS) is 12.9. The van der Waals surface area contributed by atoms with Gasteiger partial charge in [-0.3, -0.25) is 18.7 Å². The van der Waals surface area contributed by atoms with Crippen LogP contribution in [0.15, 0.2) is 18.2 Å². The predicted octanol–water partition coefficient (Wildman–Crippen LogP) is 8.20. The molecule has 0 aliphatic carbocycles. The van der Waals surface area contributed by atoms with Crippen molar-refractivity contribution < 1.29 is 36.8 Å². The average Bonchev–Trinajstić information content (AvgIpc) is 2.72. The van der Waals surface area contributed by atoms with Crippen LogP contribution in [0.1, 0.15) is 85.9 Å². The number of rotatable bonds is 16. The van der Waals surface area contributed by atoms with Gasteiger partial charge < -0.3 is 18.1 Å². The molecule has 0 saturated carbocycles. The van der Waals surface area contributed by atoms with Crippen molar-refractivity contribution >= 4 is 48.9 Å². The molecule has 1 aromatic carbocycles. The molecule has 0 aliphatic rings. The van der Waals surface area contributed by atoms with Gasteiger partial charge in [-0.15, -0.1) is 0 Å². The number of hydrogen-bond acceptors (Lipinski definition) is 10. The lowest BCUT2D eigenvalue weighted by Gasteiger charge is -2.35. The summed E-state index contributed by atoms with van der Waals surface area (Å²) in [5.41, 5.74) is 2.42. The molecule has 0 heterocycles. The molecule has 218 valence electrons. The standard InChI is InChI=1S/C26H44O8P2S2/c1-17(2)31-35(29,32-18(3)4)26(36(30,33-19(5)6)34-20(7)8)14-23-11-24(15-37-21(9)27)13-25(12-23)16-38-22(10)28/h11-13,17-20,26H,14-16H2,1-10H3. The van der Waals surface area contributed by atoms with E-state index < -0.39 is 45.0 Å². The molecular formula is C26H44O8P2S2. The van der Waals surface area contributed by atoms with Crippen LogP contribution in [0.3, 0.4) is 0 Å². The third-order valence-electron chi connectivity index (χ3n) is 4.58. The first-order valence-corrected chi connectivity index (χ1v) is 18.0. The molecule has 8 nitrogen and oxygen atoms in total. The number of hydrogen-bond donors (Lipinski definition) is 0. The molecular weight excluding hydrogens is 566 g/mol. The van der Waals surface area contributed by atoms with E-state index in [-0.39, 0.29) is 16.7 Å². The number of carbonyl (C=O) groups excluding carboxylic acids is 2. The Bertz CT molecular complexity index is 924. The molecule has 0 aromatic heterocycles. The van der Waals surface area contributed by atoms with Gasteiger partial charge in [0.15, 0.2) is 15.6 Å². The maximum absolute atomic E-state index is 14.5. The minimum absolute atomic E-state index is 0.0176. The van der Waals surface area contributed by atoms with Gasteiger partial charge in [0.25, 0.3) is 0 Å². The van der Waals surface area contributed by atoms with Gasteiger partial charge in [-0.25, -0.2) is 0 Å². The minimum Gasteiger partial charge on any atom is -0.305 e. The lowest BCUT2D eigenvalue weighted by atomic mass is 10.1. The van der Waals surface area contributed by atoms with Crippen molar-refractivity contribution in [1.29, 1.82) is 0 Å². The van der Waals surface area contributed by atoms with Gasteiger partial charge in [-0.05, 0) is 78.5 Å². The fourth-order valence-electron chi connectivity index (χ4n) is 3.61. The van der Waals surface area contributed by atoms with E-state index in [1.54, 1.807) is 55.4 Å². The smallest absolute Gasteiger partial charge is 0.305 e. The molecule has 0 amide bonds. The fourth-order valence-corrected chi connectivity index (χ4v) is 10.6. The predicted molar refractivity (Wildman–Crippen MR) is 158 cm³/mol. The lowest BCUT2D eigenvalue weighted by Crippen LogP contribution is -2.25. The molecule has 0 unspecified atom stereocenters. The van der Waals surface area contributed by atoms with Crippen LogP contribution >= 0.6 is 38.7 Å². The van der Waals surface area contributed by atoms with Crippen molar-refractivity contribution in [3.8, 4) is 0 Å². The second-order valence-electron chi connectivity index (χ2n) is 10.1. The minimum atomic E-state index is -4.07. The topological polar surface area (TPSA) is 105 Å². The second-order valence-corrected chi connectivity index (χ2v) is 17.1. The second kappa shape index (κ2) is 16.1. The number of carbonyl (C=O) groups is 2. The summed E-state index contributed by atoms with van der Waals surface area (Å²) in [6.45, 7) is 16.9. The molecule has 38 heavy (non-hydrogen) atoms. The Morgan fingerprint density at radius 2 is 0.921 bits per heavy atom. The SMILES string of the molecule is CC(=O)SCc1cc(CSC(C)=O)cc(CC(P(=O)(OC(C)C)OC(C)C)P(=O)(OC(C)C)OC(C)C)c1. The first-order chi connectivity index (χ1) is 17.5. The lowest BCUT2D eigenvalue weighted by molar-refractivity contribution is -0.109. The van der Waals surface area contributed by atoms with E-state index in [0.29, 0.717) is 17.1 Å². The van der Waals surface area contributed by atoms with Gasteiger partial charge in [0.1, 0.15) is 0 Å². The summed E-state index contributed by atoms with van der Waals surface area (Å²) in [5, 5.41) is -1.28. The van der Waals surface area contributed by atoms with E-state index in [9.17, 15) is 18.7 Å². The molecule has 1 aromatic rings. The van der Waals surface area contributed by atoms with Crippen molar-refractivity contribution in [2.24, 2.45) is 0 Å². The molecule has 0 N–H and O–H groups in total. The molecule has 0 radical (unpaired) electrons.